The molecule has 1 aliphatic heterocycles. The number of rotatable bonds is 3. The van der Waals surface area contributed by atoms with E-state index in [0.29, 0.717) is 12.0 Å². The van der Waals surface area contributed by atoms with Gasteiger partial charge >= 0.3 is 0 Å². The summed E-state index contributed by atoms with van der Waals surface area (Å²) in [6.45, 7) is 10.6. The average molecular weight is 234 g/mol. The summed E-state index contributed by atoms with van der Waals surface area (Å²) in [7, 11) is 0. The largest absolute Gasteiger partial charge is 0.488 e. The van der Waals surface area contributed by atoms with Crippen molar-refractivity contribution in [1.29, 1.82) is 0 Å². The summed E-state index contributed by atoms with van der Waals surface area (Å²) in [6, 6.07) is 2.70. The van der Waals surface area contributed by atoms with Crippen LogP contribution in [-0.2, 0) is 0 Å². The van der Waals surface area contributed by atoms with Gasteiger partial charge in [-0.3, -0.25) is 4.98 Å². The number of hydrogen-bond acceptors (Lipinski definition) is 3. The second kappa shape index (κ2) is 4.94. The minimum atomic E-state index is 0.504. The van der Waals surface area contributed by atoms with Gasteiger partial charge in [0.05, 0.1) is 18.4 Å². The smallest absolute Gasteiger partial charge is 0.160 e. The van der Waals surface area contributed by atoms with Crippen LogP contribution in [0.25, 0.3) is 0 Å². The topological polar surface area (TPSA) is 25.4 Å². The molecule has 1 aromatic heterocycles. The van der Waals surface area contributed by atoms with Crippen molar-refractivity contribution < 1.29 is 4.74 Å². The van der Waals surface area contributed by atoms with Gasteiger partial charge in [-0.25, -0.2) is 0 Å². The maximum absolute atomic E-state index is 5.67. The van der Waals surface area contributed by atoms with Crippen molar-refractivity contribution in [3.05, 3.63) is 18.0 Å². The zero-order valence-corrected chi connectivity index (χ0v) is 11.2. The van der Waals surface area contributed by atoms with Crippen LogP contribution < -0.4 is 9.64 Å². The molecule has 94 valence electrons. The normalized spacial score (nSPS) is 16.6. The molecule has 1 aliphatic rings. The maximum atomic E-state index is 5.67. The first kappa shape index (κ1) is 12.2. The Bertz CT molecular complexity index is 390. The second-order valence-electron chi connectivity index (χ2n) is 5.02. The summed E-state index contributed by atoms with van der Waals surface area (Å²) in [5, 5.41) is 0. The zero-order chi connectivity index (χ0) is 12.4. The second-order valence-corrected chi connectivity index (χ2v) is 5.02. The first-order chi connectivity index (χ1) is 8.13. The number of hydrogen-bond donors (Lipinski definition) is 0. The monoisotopic (exact) mass is 234 g/mol. The zero-order valence-electron chi connectivity index (χ0n) is 11.2. The lowest BCUT2D eigenvalue weighted by molar-refractivity contribution is 0.301. The van der Waals surface area contributed by atoms with Crippen molar-refractivity contribution in [3.63, 3.8) is 0 Å². The molecule has 0 fully saturated rings. The number of anilines is 1. The van der Waals surface area contributed by atoms with Gasteiger partial charge in [0, 0.05) is 11.7 Å². The molecule has 3 heteroatoms. The molecule has 0 aliphatic carbocycles. The van der Waals surface area contributed by atoms with Gasteiger partial charge in [0.1, 0.15) is 6.61 Å². The first-order valence-corrected chi connectivity index (χ1v) is 6.52. The SMILES string of the molecule is CCC(C)c1cc2c(cn1)OCCN2C(C)C. The van der Waals surface area contributed by atoms with E-state index in [-0.39, 0.29) is 0 Å². The molecule has 1 aromatic rings. The molecule has 2 heterocycles. The number of aromatic nitrogens is 1. The summed E-state index contributed by atoms with van der Waals surface area (Å²) in [4.78, 5) is 6.90. The molecular weight excluding hydrogens is 212 g/mol. The lowest BCUT2D eigenvalue weighted by Gasteiger charge is -2.34. The summed E-state index contributed by atoms with van der Waals surface area (Å²) in [5.74, 6) is 1.44. The lowest BCUT2D eigenvalue weighted by atomic mass is 10.0. The van der Waals surface area contributed by atoms with Crippen molar-refractivity contribution in [3.8, 4) is 5.75 Å². The number of nitrogens with zero attached hydrogens (tertiary/aromatic N) is 2. The Morgan fingerprint density at radius 1 is 1.41 bits per heavy atom. The van der Waals surface area contributed by atoms with Gasteiger partial charge in [-0.15, -0.1) is 0 Å². The summed E-state index contributed by atoms with van der Waals surface area (Å²) in [6.07, 6.45) is 3.00. The fraction of sp³-hybridized carbons (Fsp3) is 0.643. The van der Waals surface area contributed by atoms with Crippen LogP contribution >= 0.6 is 0 Å². The molecule has 2 rings (SSSR count). The Balaban J connectivity index is 2.37. The Morgan fingerprint density at radius 3 is 2.82 bits per heavy atom. The summed E-state index contributed by atoms with van der Waals surface area (Å²) < 4.78 is 5.67. The minimum absolute atomic E-state index is 0.504. The predicted molar refractivity (Wildman–Crippen MR) is 70.9 cm³/mol. The number of pyridine rings is 1. The van der Waals surface area contributed by atoms with Crippen LogP contribution in [-0.4, -0.2) is 24.2 Å². The molecule has 0 saturated carbocycles. The Kier molecular flexibility index (Phi) is 3.55. The van der Waals surface area contributed by atoms with Crippen LogP contribution in [0.15, 0.2) is 12.3 Å². The van der Waals surface area contributed by atoms with Crippen LogP contribution in [0.3, 0.4) is 0 Å². The maximum Gasteiger partial charge on any atom is 0.160 e. The highest BCUT2D eigenvalue weighted by atomic mass is 16.5. The Hall–Kier alpha value is -1.25. The molecule has 0 amide bonds. The molecule has 0 spiro atoms. The van der Waals surface area contributed by atoms with Gasteiger partial charge in [-0.1, -0.05) is 13.8 Å². The molecule has 1 unspecified atom stereocenters. The van der Waals surface area contributed by atoms with E-state index in [9.17, 15) is 0 Å². The summed E-state index contributed by atoms with van der Waals surface area (Å²) >= 11 is 0. The van der Waals surface area contributed by atoms with E-state index in [1.165, 1.54) is 11.4 Å². The molecule has 0 radical (unpaired) electrons. The molecular formula is C14H22N2O. The molecule has 1 atom stereocenters. The number of fused-ring (bicyclic) bond motifs is 1. The third kappa shape index (κ3) is 2.38. The molecule has 17 heavy (non-hydrogen) atoms. The summed E-state index contributed by atoms with van der Waals surface area (Å²) in [5.41, 5.74) is 2.37. The fourth-order valence-corrected chi connectivity index (χ4v) is 2.17. The van der Waals surface area contributed by atoms with Crippen LogP contribution in [0, 0.1) is 0 Å². The van der Waals surface area contributed by atoms with E-state index < -0.39 is 0 Å². The Labute approximate surface area is 104 Å². The van der Waals surface area contributed by atoms with Crippen LogP contribution in [0.1, 0.15) is 45.7 Å². The van der Waals surface area contributed by atoms with Crippen molar-refractivity contribution in [1.82, 2.24) is 4.98 Å². The van der Waals surface area contributed by atoms with Crippen molar-refractivity contribution >= 4 is 5.69 Å². The average Bonchev–Trinajstić information content (AvgIpc) is 2.36. The minimum Gasteiger partial charge on any atom is -0.488 e. The fourth-order valence-electron chi connectivity index (χ4n) is 2.17. The molecule has 0 saturated heterocycles. The van der Waals surface area contributed by atoms with Gasteiger partial charge in [0.2, 0.25) is 0 Å². The van der Waals surface area contributed by atoms with Crippen molar-refractivity contribution in [2.24, 2.45) is 0 Å². The quantitative estimate of drug-likeness (QED) is 0.803. The number of ether oxygens (including phenoxy) is 1. The molecule has 3 nitrogen and oxygen atoms in total. The van der Waals surface area contributed by atoms with E-state index in [4.69, 9.17) is 4.74 Å². The predicted octanol–water partition coefficient (Wildman–Crippen LogP) is 3.20. The van der Waals surface area contributed by atoms with Crippen molar-refractivity contribution in [2.75, 3.05) is 18.1 Å². The van der Waals surface area contributed by atoms with Gasteiger partial charge in [0.15, 0.2) is 5.75 Å². The van der Waals surface area contributed by atoms with Crippen molar-refractivity contribution in [2.45, 2.75) is 46.1 Å². The standard InChI is InChI=1S/C14H22N2O/c1-5-11(4)12-8-13-14(9-15-12)17-7-6-16(13)10(2)3/h8-11H,5-7H2,1-4H3. The van der Waals surface area contributed by atoms with Gasteiger partial charge in [-0.05, 0) is 32.3 Å². The molecule has 0 N–H and O–H groups in total. The molecule has 0 bridgehead atoms. The van der Waals surface area contributed by atoms with E-state index >= 15 is 0 Å². The van der Waals surface area contributed by atoms with E-state index in [1.54, 1.807) is 0 Å². The van der Waals surface area contributed by atoms with E-state index in [1.807, 2.05) is 6.20 Å². The van der Waals surface area contributed by atoms with Gasteiger partial charge in [-0.2, -0.15) is 0 Å². The lowest BCUT2D eigenvalue weighted by Crippen LogP contribution is -2.38. The first-order valence-electron chi connectivity index (χ1n) is 6.52. The van der Waals surface area contributed by atoms with E-state index in [0.717, 1.165) is 25.3 Å². The molecule has 0 aromatic carbocycles. The van der Waals surface area contributed by atoms with Gasteiger partial charge < -0.3 is 9.64 Å². The van der Waals surface area contributed by atoms with E-state index in [2.05, 4.69) is 43.6 Å². The highest BCUT2D eigenvalue weighted by Gasteiger charge is 2.21. The van der Waals surface area contributed by atoms with Crippen LogP contribution in [0.4, 0.5) is 5.69 Å². The Morgan fingerprint density at radius 2 is 2.18 bits per heavy atom. The third-order valence-electron chi connectivity index (χ3n) is 3.51. The van der Waals surface area contributed by atoms with Gasteiger partial charge in [0.25, 0.3) is 0 Å². The van der Waals surface area contributed by atoms with Crippen LogP contribution in [0.2, 0.25) is 0 Å². The highest BCUT2D eigenvalue weighted by molar-refractivity contribution is 5.60. The highest BCUT2D eigenvalue weighted by Crippen LogP contribution is 2.34. The third-order valence-corrected chi connectivity index (χ3v) is 3.51. The van der Waals surface area contributed by atoms with Crippen LogP contribution in [0.5, 0.6) is 5.75 Å².